The monoisotopic (exact) mass is 266 g/mol. The van der Waals surface area contributed by atoms with E-state index in [2.05, 4.69) is 0 Å². The van der Waals surface area contributed by atoms with Gasteiger partial charge in [0.25, 0.3) is 11.6 Å². The molecule has 0 aliphatic carbocycles. The first-order chi connectivity index (χ1) is 8.90. The van der Waals surface area contributed by atoms with Gasteiger partial charge in [0.05, 0.1) is 11.3 Å². The van der Waals surface area contributed by atoms with Gasteiger partial charge in [-0.1, -0.05) is 0 Å². The van der Waals surface area contributed by atoms with Crippen molar-refractivity contribution in [1.82, 2.24) is 5.06 Å². The minimum Gasteiger partial charge on any atom is -0.481 e. The highest BCUT2D eigenvalue weighted by Crippen LogP contribution is 2.41. The van der Waals surface area contributed by atoms with Crippen molar-refractivity contribution in [3.63, 3.8) is 0 Å². The first kappa shape index (κ1) is 12.8. The Hall–Kier alpha value is -2.64. The average Bonchev–Trinajstić information content (AvgIpc) is 2.66. The third-order valence-electron chi connectivity index (χ3n) is 2.72. The van der Waals surface area contributed by atoms with Crippen LogP contribution in [0.15, 0.2) is 18.2 Å². The minimum absolute atomic E-state index is 0.178. The van der Waals surface area contributed by atoms with Gasteiger partial charge >= 0.3 is 5.97 Å². The first-order valence-corrected chi connectivity index (χ1v) is 5.38. The van der Waals surface area contributed by atoms with Crippen molar-refractivity contribution in [2.75, 3.05) is 0 Å². The topological polar surface area (TPSA) is 110 Å². The van der Waals surface area contributed by atoms with Crippen molar-refractivity contribution in [1.29, 1.82) is 0 Å². The molecule has 0 radical (unpaired) electrons. The Morgan fingerprint density at radius 2 is 2.21 bits per heavy atom. The lowest BCUT2D eigenvalue weighted by Gasteiger charge is -2.19. The summed E-state index contributed by atoms with van der Waals surface area (Å²) in [6, 6.07) is 2.96. The SMILES string of the molecule is CC(=O)N1Oc2ccc([N+](=O)[O-])cc2C1CC(=O)O. The molecule has 0 fully saturated rings. The molecule has 1 aromatic carbocycles. The average molecular weight is 266 g/mol. The van der Waals surface area contributed by atoms with Crippen LogP contribution in [0.25, 0.3) is 0 Å². The van der Waals surface area contributed by atoms with E-state index in [1.54, 1.807) is 0 Å². The predicted molar refractivity (Wildman–Crippen MR) is 61.2 cm³/mol. The maximum atomic E-state index is 11.4. The van der Waals surface area contributed by atoms with E-state index in [1.807, 2.05) is 0 Å². The maximum Gasteiger partial charge on any atom is 0.305 e. The van der Waals surface area contributed by atoms with E-state index in [0.717, 1.165) is 5.06 Å². The third kappa shape index (κ3) is 2.32. The second-order valence-corrected chi connectivity index (χ2v) is 4.03. The fraction of sp³-hybridized carbons (Fsp3) is 0.273. The Labute approximate surface area is 107 Å². The van der Waals surface area contributed by atoms with Crippen molar-refractivity contribution >= 4 is 17.6 Å². The Bertz CT molecular complexity index is 570. The second kappa shape index (κ2) is 4.56. The van der Waals surface area contributed by atoms with Gasteiger partial charge in [-0.25, -0.2) is 0 Å². The quantitative estimate of drug-likeness (QED) is 0.651. The number of carboxylic acid groups (broad SMARTS) is 1. The van der Waals surface area contributed by atoms with Crippen molar-refractivity contribution < 1.29 is 24.5 Å². The smallest absolute Gasteiger partial charge is 0.305 e. The number of carbonyl (C=O) groups excluding carboxylic acids is 1. The van der Waals surface area contributed by atoms with Gasteiger partial charge in [0.1, 0.15) is 6.04 Å². The molecule has 1 N–H and O–H groups in total. The van der Waals surface area contributed by atoms with Crippen LogP contribution in [0.1, 0.15) is 24.9 Å². The predicted octanol–water partition coefficient (Wildman–Crippen LogP) is 1.27. The molecule has 8 heteroatoms. The number of carbonyl (C=O) groups is 2. The third-order valence-corrected chi connectivity index (χ3v) is 2.72. The van der Waals surface area contributed by atoms with Crippen molar-refractivity contribution in [2.24, 2.45) is 0 Å². The largest absolute Gasteiger partial charge is 0.481 e. The Balaban J connectivity index is 2.44. The minimum atomic E-state index is -1.13. The summed E-state index contributed by atoms with van der Waals surface area (Å²) >= 11 is 0. The Morgan fingerprint density at radius 3 is 2.74 bits per heavy atom. The molecule has 0 spiro atoms. The second-order valence-electron chi connectivity index (χ2n) is 4.03. The molecule has 0 saturated heterocycles. The molecule has 1 unspecified atom stereocenters. The molecular weight excluding hydrogens is 256 g/mol. The van der Waals surface area contributed by atoms with Crippen LogP contribution in [0, 0.1) is 10.1 Å². The number of fused-ring (bicyclic) bond motifs is 1. The number of amides is 1. The van der Waals surface area contributed by atoms with Gasteiger partial charge < -0.3 is 9.94 Å². The number of rotatable bonds is 3. The molecule has 1 atom stereocenters. The molecular formula is C11H10N2O6. The van der Waals surface area contributed by atoms with Gasteiger partial charge in [-0.15, -0.1) is 0 Å². The van der Waals surface area contributed by atoms with E-state index >= 15 is 0 Å². The molecule has 100 valence electrons. The van der Waals surface area contributed by atoms with Gasteiger partial charge in [0.2, 0.25) is 0 Å². The summed E-state index contributed by atoms with van der Waals surface area (Å²) in [6.07, 6.45) is -0.381. The van der Waals surface area contributed by atoms with Crippen LogP contribution >= 0.6 is 0 Å². The summed E-state index contributed by atoms with van der Waals surface area (Å²) in [7, 11) is 0. The maximum absolute atomic E-state index is 11.4. The number of hydrogen-bond donors (Lipinski definition) is 1. The van der Waals surface area contributed by atoms with E-state index in [1.165, 1.54) is 25.1 Å². The summed E-state index contributed by atoms with van der Waals surface area (Å²) in [6.45, 7) is 1.23. The number of nitro groups is 1. The highest BCUT2D eigenvalue weighted by molar-refractivity contribution is 5.76. The highest BCUT2D eigenvalue weighted by Gasteiger charge is 2.37. The summed E-state index contributed by atoms with van der Waals surface area (Å²) < 4.78 is 0. The summed E-state index contributed by atoms with van der Waals surface area (Å²) in [5, 5.41) is 20.5. The van der Waals surface area contributed by atoms with Gasteiger partial charge in [-0.3, -0.25) is 19.7 Å². The molecule has 1 aliphatic heterocycles. The number of nitro benzene ring substituents is 1. The van der Waals surface area contributed by atoms with E-state index < -0.39 is 22.8 Å². The van der Waals surface area contributed by atoms with Gasteiger partial charge in [-0.05, 0) is 6.07 Å². The zero-order chi connectivity index (χ0) is 14.2. The van der Waals surface area contributed by atoms with E-state index in [9.17, 15) is 19.7 Å². The lowest BCUT2D eigenvalue weighted by Crippen LogP contribution is -2.32. The van der Waals surface area contributed by atoms with E-state index in [-0.39, 0.29) is 17.9 Å². The van der Waals surface area contributed by atoms with Gasteiger partial charge in [-0.2, -0.15) is 5.06 Å². The normalized spacial score (nSPS) is 16.7. The van der Waals surface area contributed by atoms with Crippen LogP contribution < -0.4 is 4.84 Å². The Kier molecular flexibility index (Phi) is 3.07. The molecule has 1 aromatic rings. The number of hydroxylamine groups is 2. The molecule has 0 aromatic heterocycles. The first-order valence-electron chi connectivity index (χ1n) is 5.38. The van der Waals surface area contributed by atoms with Crippen molar-refractivity contribution in [3.8, 4) is 5.75 Å². The van der Waals surface area contributed by atoms with Gasteiger partial charge in [0, 0.05) is 24.6 Å². The molecule has 0 saturated carbocycles. The standard InChI is InChI=1S/C11H10N2O6/c1-6(14)12-9(5-11(15)16)8-4-7(13(17)18)2-3-10(8)19-12/h2-4,9H,5H2,1H3,(H,15,16). The molecule has 1 aliphatic rings. The number of non-ortho nitro benzene ring substituents is 1. The number of aliphatic carboxylic acids is 1. The van der Waals surface area contributed by atoms with Crippen LogP contribution in [0.2, 0.25) is 0 Å². The van der Waals surface area contributed by atoms with E-state index in [0.29, 0.717) is 5.56 Å². The molecule has 1 heterocycles. The molecule has 0 bridgehead atoms. The van der Waals surface area contributed by atoms with Crippen molar-refractivity contribution in [2.45, 2.75) is 19.4 Å². The fourth-order valence-corrected chi connectivity index (χ4v) is 1.93. The van der Waals surface area contributed by atoms with Crippen LogP contribution in [-0.4, -0.2) is 27.0 Å². The summed E-state index contributed by atoms with van der Waals surface area (Å²) in [5.74, 6) is -1.34. The van der Waals surface area contributed by atoms with Crippen LogP contribution in [0.3, 0.4) is 0 Å². The molecule has 8 nitrogen and oxygen atoms in total. The zero-order valence-electron chi connectivity index (χ0n) is 9.90. The highest BCUT2D eigenvalue weighted by atomic mass is 16.7. The summed E-state index contributed by atoms with van der Waals surface area (Å²) in [4.78, 5) is 37.6. The zero-order valence-corrected chi connectivity index (χ0v) is 9.90. The van der Waals surface area contributed by atoms with Crippen LogP contribution in [0.5, 0.6) is 5.75 Å². The molecule has 19 heavy (non-hydrogen) atoms. The number of carboxylic acids is 1. The van der Waals surface area contributed by atoms with Crippen molar-refractivity contribution in [3.05, 3.63) is 33.9 Å². The van der Waals surface area contributed by atoms with Gasteiger partial charge in [0.15, 0.2) is 5.75 Å². The van der Waals surface area contributed by atoms with E-state index in [4.69, 9.17) is 9.94 Å². The lowest BCUT2D eigenvalue weighted by atomic mass is 10.0. The number of hydrogen-bond acceptors (Lipinski definition) is 5. The van der Waals surface area contributed by atoms with Crippen LogP contribution in [0.4, 0.5) is 5.69 Å². The fourth-order valence-electron chi connectivity index (χ4n) is 1.93. The Morgan fingerprint density at radius 1 is 1.53 bits per heavy atom. The number of benzene rings is 1. The van der Waals surface area contributed by atoms with Crippen LogP contribution in [-0.2, 0) is 9.59 Å². The molecule has 2 rings (SSSR count). The lowest BCUT2D eigenvalue weighted by molar-refractivity contribution is -0.384. The number of nitrogens with zero attached hydrogens (tertiary/aromatic N) is 2. The molecule has 1 amide bonds. The summed E-state index contributed by atoms with van der Waals surface area (Å²) in [5.41, 5.74) is 0.148.